The summed E-state index contributed by atoms with van der Waals surface area (Å²) in [6.45, 7) is 3.83. The molecule has 1 aromatic rings. The number of hydrogen-bond acceptors (Lipinski definition) is 4. The zero-order chi connectivity index (χ0) is 15.1. The third-order valence-electron chi connectivity index (χ3n) is 4.46. The number of quaternary nitrogens is 1. The number of nitrogens with zero attached hydrogens (tertiary/aromatic N) is 1. The Morgan fingerprint density at radius 3 is 2.57 bits per heavy atom. The van der Waals surface area contributed by atoms with Crippen LogP contribution in [-0.4, -0.2) is 44.2 Å². The van der Waals surface area contributed by atoms with E-state index < -0.39 is 5.41 Å². The van der Waals surface area contributed by atoms with Crippen LogP contribution in [0.25, 0.3) is 0 Å². The molecular formula is C16H26N3O2+. The number of methoxy groups -OCH3 is 1. The maximum absolute atomic E-state index is 12.4. The number of hydrogen-bond donors (Lipinski definition) is 2. The van der Waals surface area contributed by atoms with E-state index in [-0.39, 0.29) is 5.97 Å². The second kappa shape index (κ2) is 7.54. The molecule has 5 nitrogen and oxygen atoms in total. The molecule has 116 valence electrons. The van der Waals surface area contributed by atoms with Crippen molar-refractivity contribution < 1.29 is 15.0 Å². The summed E-state index contributed by atoms with van der Waals surface area (Å²) in [5.41, 5.74) is 2.31. The van der Waals surface area contributed by atoms with Crippen LogP contribution in [0, 0.1) is 0 Å². The third kappa shape index (κ3) is 3.61. The Morgan fingerprint density at radius 1 is 1.33 bits per heavy atom. The summed E-state index contributed by atoms with van der Waals surface area (Å²) in [4.78, 5) is 14.8. The number of benzene rings is 1. The number of piperidine rings is 1. The third-order valence-corrected chi connectivity index (χ3v) is 4.46. The lowest BCUT2D eigenvalue weighted by molar-refractivity contribution is -0.667. The fourth-order valence-corrected chi connectivity index (χ4v) is 3.15. The van der Waals surface area contributed by atoms with Gasteiger partial charge in [-0.15, -0.1) is 0 Å². The Kier molecular flexibility index (Phi) is 5.73. The lowest BCUT2D eigenvalue weighted by Crippen LogP contribution is -2.91. The predicted molar refractivity (Wildman–Crippen MR) is 81.4 cm³/mol. The van der Waals surface area contributed by atoms with E-state index in [1.165, 1.54) is 7.11 Å². The second-order valence-corrected chi connectivity index (χ2v) is 5.66. The fourth-order valence-electron chi connectivity index (χ4n) is 3.15. The van der Waals surface area contributed by atoms with E-state index in [1.54, 1.807) is 5.43 Å². The van der Waals surface area contributed by atoms with Crippen LogP contribution in [0.15, 0.2) is 30.3 Å². The average molecular weight is 292 g/mol. The maximum atomic E-state index is 12.4. The van der Waals surface area contributed by atoms with E-state index in [1.807, 2.05) is 30.3 Å². The lowest BCUT2D eigenvalue weighted by Gasteiger charge is -2.40. The molecule has 1 aromatic carbocycles. The molecule has 0 aliphatic carbocycles. The van der Waals surface area contributed by atoms with E-state index in [4.69, 9.17) is 10.6 Å². The van der Waals surface area contributed by atoms with Crippen LogP contribution < -0.4 is 11.3 Å². The van der Waals surface area contributed by atoms with Crippen molar-refractivity contribution in [1.82, 2.24) is 4.90 Å². The standard InChI is InChI=1S/C16H25N3O2/c1-21-15(20)16(14-6-3-2-4-7-14)8-12-19(13-9-16)11-5-10-18-17/h2-4,6-7,18H,5,8-13,17H2,1H3/p+1. The van der Waals surface area contributed by atoms with Crippen LogP contribution in [-0.2, 0) is 14.9 Å². The highest BCUT2D eigenvalue weighted by Crippen LogP contribution is 2.36. The molecule has 2 rings (SSSR count). The normalized spacial score (nSPS) is 18.4. The van der Waals surface area contributed by atoms with Crippen LogP contribution in [0.4, 0.5) is 0 Å². The molecule has 1 aliphatic heterocycles. The fraction of sp³-hybridized carbons (Fsp3) is 0.562. The first-order chi connectivity index (χ1) is 10.2. The Labute approximate surface area is 126 Å². The largest absolute Gasteiger partial charge is 0.468 e. The quantitative estimate of drug-likeness (QED) is 0.336. The molecule has 4 N–H and O–H groups in total. The smallest absolute Gasteiger partial charge is 0.316 e. The molecule has 0 saturated carbocycles. The minimum atomic E-state index is -0.480. The number of likely N-dealkylation sites (tertiary alicyclic amines) is 1. The molecule has 0 spiro atoms. The van der Waals surface area contributed by atoms with Crippen LogP contribution >= 0.6 is 0 Å². The molecule has 1 saturated heterocycles. The van der Waals surface area contributed by atoms with Gasteiger partial charge in [-0.05, 0) is 31.5 Å². The molecule has 1 aliphatic rings. The van der Waals surface area contributed by atoms with Crippen molar-refractivity contribution in [3.63, 3.8) is 0 Å². The molecular weight excluding hydrogens is 266 g/mol. The molecule has 0 atom stereocenters. The Morgan fingerprint density at radius 2 is 2.00 bits per heavy atom. The summed E-state index contributed by atoms with van der Waals surface area (Å²) in [5, 5.41) is 0. The number of carbonyl (C=O) groups excluding carboxylic acids is 1. The minimum Gasteiger partial charge on any atom is -0.468 e. The van der Waals surface area contributed by atoms with Crippen molar-refractivity contribution in [2.24, 2.45) is 5.84 Å². The Bertz CT molecular complexity index is 442. The van der Waals surface area contributed by atoms with Gasteiger partial charge in [0.2, 0.25) is 0 Å². The van der Waals surface area contributed by atoms with Crippen molar-refractivity contribution in [3.8, 4) is 0 Å². The second-order valence-electron chi connectivity index (χ2n) is 5.66. The van der Waals surface area contributed by atoms with Crippen molar-refractivity contribution >= 4 is 5.97 Å². The van der Waals surface area contributed by atoms with Gasteiger partial charge in [0.1, 0.15) is 0 Å². The van der Waals surface area contributed by atoms with Gasteiger partial charge in [0, 0.05) is 13.0 Å². The number of rotatable bonds is 6. The summed E-state index contributed by atoms with van der Waals surface area (Å²) < 4.78 is 5.10. The summed E-state index contributed by atoms with van der Waals surface area (Å²) in [5.74, 6) is 5.31. The summed E-state index contributed by atoms with van der Waals surface area (Å²) >= 11 is 0. The van der Waals surface area contributed by atoms with Gasteiger partial charge in [-0.1, -0.05) is 30.3 Å². The predicted octanol–water partition coefficient (Wildman–Crippen LogP) is 0.0204. The number of nitrogens with two attached hydrogens (primary N) is 2. The van der Waals surface area contributed by atoms with E-state index in [0.717, 1.165) is 51.0 Å². The van der Waals surface area contributed by atoms with Crippen molar-refractivity contribution in [2.75, 3.05) is 33.3 Å². The minimum absolute atomic E-state index is 0.108. The summed E-state index contributed by atoms with van der Waals surface area (Å²) in [7, 11) is 1.48. The Balaban J connectivity index is 2.06. The number of esters is 1. The monoisotopic (exact) mass is 292 g/mol. The van der Waals surface area contributed by atoms with E-state index >= 15 is 0 Å². The molecule has 0 bridgehead atoms. The molecule has 0 aromatic heterocycles. The Hall–Kier alpha value is -1.43. The van der Waals surface area contributed by atoms with Gasteiger partial charge < -0.3 is 9.64 Å². The first kappa shape index (κ1) is 15.9. The number of carbonyl (C=O) groups is 1. The highest BCUT2D eigenvalue weighted by Gasteiger charge is 2.43. The molecule has 0 radical (unpaired) electrons. The van der Waals surface area contributed by atoms with Gasteiger partial charge >= 0.3 is 5.97 Å². The van der Waals surface area contributed by atoms with Gasteiger partial charge in [0.15, 0.2) is 0 Å². The SMILES string of the molecule is COC(=O)C1(c2ccccc2)CCN(CCC[NH2+]N)CC1. The maximum Gasteiger partial charge on any atom is 0.316 e. The van der Waals surface area contributed by atoms with Gasteiger partial charge in [-0.3, -0.25) is 10.2 Å². The summed E-state index contributed by atoms with van der Waals surface area (Å²) in [6.07, 6.45) is 2.71. The first-order valence-electron chi connectivity index (χ1n) is 7.62. The van der Waals surface area contributed by atoms with Gasteiger partial charge in [0.25, 0.3) is 0 Å². The first-order valence-corrected chi connectivity index (χ1v) is 7.62. The van der Waals surface area contributed by atoms with Crippen LogP contribution in [0.5, 0.6) is 0 Å². The van der Waals surface area contributed by atoms with Gasteiger partial charge in [0.05, 0.1) is 19.1 Å². The van der Waals surface area contributed by atoms with Crippen LogP contribution in [0.2, 0.25) is 0 Å². The van der Waals surface area contributed by atoms with Gasteiger partial charge in [-0.25, -0.2) is 0 Å². The summed E-state index contributed by atoms with van der Waals surface area (Å²) in [6, 6.07) is 10.0. The van der Waals surface area contributed by atoms with Crippen molar-refractivity contribution in [3.05, 3.63) is 35.9 Å². The van der Waals surface area contributed by atoms with E-state index in [2.05, 4.69) is 4.90 Å². The molecule has 0 amide bonds. The zero-order valence-electron chi connectivity index (χ0n) is 12.8. The average Bonchev–Trinajstić information content (AvgIpc) is 2.56. The van der Waals surface area contributed by atoms with E-state index in [0.29, 0.717) is 0 Å². The molecule has 0 unspecified atom stereocenters. The number of ether oxygens (including phenoxy) is 1. The van der Waals surface area contributed by atoms with Gasteiger partial charge in [-0.2, -0.15) is 5.84 Å². The van der Waals surface area contributed by atoms with Crippen molar-refractivity contribution in [2.45, 2.75) is 24.7 Å². The van der Waals surface area contributed by atoms with E-state index in [9.17, 15) is 4.79 Å². The molecule has 1 fully saturated rings. The van der Waals surface area contributed by atoms with Crippen molar-refractivity contribution in [1.29, 1.82) is 0 Å². The zero-order valence-corrected chi connectivity index (χ0v) is 12.8. The highest BCUT2D eigenvalue weighted by atomic mass is 16.5. The highest BCUT2D eigenvalue weighted by molar-refractivity contribution is 5.83. The van der Waals surface area contributed by atoms with Crippen LogP contribution in [0.1, 0.15) is 24.8 Å². The molecule has 21 heavy (non-hydrogen) atoms. The topological polar surface area (TPSA) is 72.2 Å². The molecule has 5 heteroatoms. The van der Waals surface area contributed by atoms with Crippen LogP contribution in [0.3, 0.4) is 0 Å². The lowest BCUT2D eigenvalue weighted by atomic mass is 9.72. The molecule has 1 heterocycles.